The zero-order valence-corrected chi connectivity index (χ0v) is 20.4. The van der Waals surface area contributed by atoms with Gasteiger partial charge in [-0.1, -0.05) is 40.9 Å². The summed E-state index contributed by atoms with van der Waals surface area (Å²) in [6, 6.07) is 12.3. The summed E-state index contributed by atoms with van der Waals surface area (Å²) in [4.78, 5) is 12.8. The predicted octanol–water partition coefficient (Wildman–Crippen LogP) is 7.07. The molecule has 0 saturated heterocycles. The van der Waals surface area contributed by atoms with Crippen molar-refractivity contribution in [2.75, 3.05) is 5.32 Å². The number of benzene rings is 2. The molecule has 0 saturated carbocycles. The van der Waals surface area contributed by atoms with Crippen LogP contribution in [-0.2, 0) is 13.2 Å². The first-order valence-electron chi connectivity index (χ1n) is 10.2. The molecule has 0 radical (unpaired) electrons. The number of carbonyl (C=O) groups is 1. The Morgan fingerprint density at radius 3 is 2.53 bits per heavy atom. The fourth-order valence-electron chi connectivity index (χ4n) is 3.36. The summed E-state index contributed by atoms with van der Waals surface area (Å²) in [7, 11) is 0. The molecule has 0 aliphatic carbocycles. The lowest BCUT2D eigenvalue weighted by atomic mass is 10.2. The molecule has 2 heterocycles. The summed E-state index contributed by atoms with van der Waals surface area (Å²) in [5.74, 6) is -0.0823. The van der Waals surface area contributed by atoms with E-state index in [0.29, 0.717) is 39.5 Å². The van der Waals surface area contributed by atoms with Crippen molar-refractivity contribution in [1.29, 1.82) is 0 Å². The number of hydrogen-bond acceptors (Lipinski definition) is 4. The minimum absolute atomic E-state index is 0.0210. The molecule has 0 atom stereocenters. The van der Waals surface area contributed by atoms with Crippen molar-refractivity contribution in [3.63, 3.8) is 0 Å². The molecule has 0 bridgehead atoms. The first-order valence-corrected chi connectivity index (χ1v) is 11.3. The Morgan fingerprint density at radius 2 is 1.82 bits per heavy atom. The Labute approximate surface area is 210 Å². The summed E-state index contributed by atoms with van der Waals surface area (Å²) in [5, 5.41) is 8.58. The van der Waals surface area contributed by atoms with Crippen LogP contribution in [0.2, 0.25) is 15.1 Å². The molecule has 2 aromatic heterocycles. The Kier molecular flexibility index (Phi) is 7.16. The molecule has 0 spiro atoms. The Morgan fingerprint density at radius 1 is 1.09 bits per heavy atom. The summed E-state index contributed by atoms with van der Waals surface area (Å²) in [6.45, 7) is 4.01. The van der Waals surface area contributed by atoms with Crippen LogP contribution in [0.3, 0.4) is 0 Å². The number of aromatic nitrogens is 2. The first kappa shape index (κ1) is 24.1. The van der Waals surface area contributed by atoms with E-state index < -0.39 is 11.7 Å². The normalized spacial score (nSPS) is 11.0. The van der Waals surface area contributed by atoms with Crippen molar-refractivity contribution < 1.29 is 18.3 Å². The highest BCUT2D eigenvalue weighted by Crippen LogP contribution is 2.28. The number of furan rings is 1. The third kappa shape index (κ3) is 5.22. The van der Waals surface area contributed by atoms with Crippen LogP contribution in [0.5, 0.6) is 5.75 Å². The van der Waals surface area contributed by atoms with Gasteiger partial charge in [-0.05, 0) is 56.3 Å². The SMILES string of the molecule is Cc1nn(Cc2c(Cl)cccc2Cl)c(C)c1NC(=O)c1ccc(COc2ccc(F)cc2Cl)o1. The van der Waals surface area contributed by atoms with Crippen LogP contribution in [0, 0.1) is 19.7 Å². The third-order valence-electron chi connectivity index (χ3n) is 5.14. The average Bonchev–Trinajstić information content (AvgIpc) is 3.36. The van der Waals surface area contributed by atoms with Crippen LogP contribution in [0.4, 0.5) is 10.1 Å². The Balaban J connectivity index is 1.44. The van der Waals surface area contributed by atoms with E-state index in [2.05, 4.69) is 10.4 Å². The van der Waals surface area contributed by atoms with Crippen molar-refractivity contribution in [2.24, 2.45) is 0 Å². The molecule has 176 valence electrons. The number of hydrogen-bond donors (Lipinski definition) is 1. The van der Waals surface area contributed by atoms with Crippen LogP contribution in [0.15, 0.2) is 52.9 Å². The molecule has 2 aromatic carbocycles. The number of rotatable bonds is 7. The number of carbonyl (C=O) groups excluding carboxylic acids is 1. The van der Waals surface area contributed by atoms with Gasteiger partial charge in [-0.3, -0.25) is 9.48 Å². The zero-order valence-electron chi connectivity index (χ0n) is 18.2. The fourth-order valence-corrected chi connectivity index (χ4v) is 4.10. The van der Waals surface area contributed by atoms with Crippen LogP contribution in [0.1, 0.15) is 33.3 Å². The molecule has 0 aliphatic heterocycles. The van der Waals surface area contributed by atoms with Crippen LogP contribution in [-0.4, -0.2) is 15.7 Å². The van der Waals surface area contributed by atoms with E-state index >= 15 is 0 Å². The molecule has 10 heteroatoms. The Hall–Kier alpha value is -3.00. The number of halogens is 4. The second kappa shape index (κ2) is 10.1. The molecule has 4 rings (SSSR count). The lowest BCUT2D eigenvalue weighted by Crippen LogP contribution is -2.12. The maximum absolute atomic E-state index is 13.2. The number of aryl methyl sites for hydroxylation is 1. The van der Waals surface area contributed by atoms with E-state index in [-0.39, 0.29) is 17.4 Å². The summed E-state index contributed by atoms with van der Waals surface area (Å²) < 4.78 is 26.0. The molecular weight excluding hydrogens is 504 g/mol. The number of anilines is 1. The van der Waals surface area contributed by atoms with Gasteiger partial charge in [-0.15, -0.1) is 0 Å². The number of ether oxygens (including phenoxy) is 1. The van der Waals surface area contributed by atoms with Gasteiger partial charge in [0.1, 0.15) is 23.9 Å². The largest absolute Gasteiger partial charge is 0.484 e. The highest BCUT2D eigenvalue weighted by Gasteiger charge is 2.19. The quantitative estimate of drug-likeness (QED) is 0.282. The van der Waals surface area contributed by atoms with Gasteiger partial charge < -0.3 is 14.5 Å². The van der Waals surface area contributed by atoms with E-state index in [1.165, 1.54) is 12.1 Å². The average molecular weight is 523 g/mol. The fraction of sp³-hybridized carbons (Fsp3) is 0.167. The van der Waals surface area contributed by atoms with Gasteiger partial charge in [-0.25, -0.2) is 4.39 Å². The van der Waals surface area contributed by atoms with Gasteiger partial charge in [0.15, 0.2) is 5.76 Å². The standard InChI is InChI=1S/C24H19Cl3FN3O3/c1-13-23(14(2)31(30-13)11-17-18(25)4-3-5-19(17)26)29-24(32)22-9-7-16(34-22)12-33-21-8-6-15(28)10-20(21)27/h3-10H,11-12H2,1-2H3,(H,29,32). The van der Waals surface area contributed by atoms with Crippen LogP contribution >= 0.6 is 34.8 Å². The number of amides is 1. The summed E-state index contributed by atoms with van der Waals surface area (Å²) in [6.07, 6.45) is 0. The van der Waals surface area contributed by atoms with E-state index in [1.807, 2.05) is 6.92 Å². The van der Waals surface area contributed by atoms with E-state index in [9.17, 15) is 9.18 Å². The van der Waals surface area contributed by atoms with Crippen LogP contribution < -0.4 is 10.1 Å². The summed E-state index contributed by atoms with van der Waals surface area (Å²) in [5.41, 5.74) is 2.68. The maximum Gasteiger partial charge on any atom is 0.291 e. The van der Waals surface area contributed by atoms with Crippen molar-refractivity contribution in [1.82, 2.24) is 9.78 Å². The predicted molar refractivity (Wildman–Crippen MR) is 130 cm³/mol. The minimum atomic E-state index is -0.460. The lowest BCUT2D eigenvalue weighted by molar-refractivity contribution is 0.0992. The van der Waals surface area contributed by atoms with E-state index in [1.54, 1.807) is 41.9 Å². The monoisotopic (exact) mass is 521 g/mol. The third-order valence-corrected chi connectivity index (χ3v) is 6.14. The topological polar surface area (TPSA) is 69.3 Å². The number of nitrogens with zero attached hydrogens (tertiary/aromatic N) is 2. The van der Waals surface area contributed by atoms with Gasteiger partial charge >= 0.3 is 0 Å². The van der Waals surface area contributed by atoms with Gasteiger partial charge in [0.05, 0.1) is 28.6 Å². The molecule has 4 aromatic rings. The smallest absolute Gasteiger partial charge is 0.291 e. The maximum atomic E-state index is 13.2. The highest BCUT2D eigenvalue weighted by atomic mass is 35.5. The first-order chi connectivity index (χ1) is 16.2. The highest BCUT2D eigenvalue weighted by molar-refractivity contribution is 6.36. The van der Waals surface area contributed by atoms with Crippen molar-refractivity contribution in [3.05, 3.63) is 97.9 Å². The van der Waals surface area contributed by atoms with E-state index in [4.69, 9.17) is 44.0 Å². The Bertz CT molecular complexity index is 1350. The molecule has 6 nitrogen and oxygen atoms in total. The molecule has 0 fully saturated rings. The van der Waals surface area contributed by atoms with Gasteiger partial charge in [0.25, 0.3) is 5.91 Å². The lowest BCUT2D eigenvalue weighted by Gasteiger charge is -2.09. The van der Waals surface area contributed by atoms with Crippen LogP contribution in [0.25, 0.3) is 0 Å². The van der Waals surface area contributed by atoms with Gasteiger partial charge in [-0.2, -0.15) is 5.10 Å². The summed E-state index contributed by atoms with van der Waals surface area (Å²) >= 11 is 18.5. The molecule has 0 aliphatic rings. The van der Waals surface area contributed by atoms with Gasteiger partial charge in [0, 0.05) is 15.6 Å². The molecule has 34 heavy (non-hydrogen) atoms. The van der Waals surface area contributed by atoms with Crippen molar-refractivity contribution in [3.8, 4) is 5.75 Å². The molecule has 1 N–H and O–H groups in total. The van der Waals surface area contributed by atoms with Gasteiger partial charge in [0.2, 0.25) is 0 Å². The van der Waals surface area contributed by atoms with Crippen molar-refractivity contribution >= 4 is 46.4 Å². The second-order valence-electron chi connectivity index (χ2n) is 7.49. The van der Waals surface area contributed by atoms with Crippen molar-refractivity contribution in [2.45, 2.75) is 27.0 Å². The number of nitrogens with one attached hydrogen (secondary N) is 1. The van der Waals surface area contributed by atoms with E-state index in [0.717, 1.165) is 17.3 Å². The molecule has 0 unspecified atom stereocenters. The minimum Gasteiger partial charge on any atom is -0.484 e. The second-order valence-corrected chi connectivity index (χ2v) is 8.71. The molecular formula is C24H19Cl3FN3O3. The zero-order chi connectivity index (χ0) is 24.4. The molecule has 1 amide bonds.